The summed E-state index contributed by atoms with van der Waals surface area (Å²) in [7, 11) is 0. The molecule has 0 atom stereocenters. The summed E-state index contributed by atoms with van der Waals surface area (Å²) in [6.07, 6.45) is -3.62. The molecule has 1 N–H and O–H groups in total. The van der Waals surface area contributed by atoms with Crippen molar-refractivity contribution in [2.75, 3.05) is 6.79 Å². The summed E-state index contributed by atoms with van der Waals surface area (Å²) in [6.45, 7) is 0.290. The summed E-state index contributed by atoms with van der Waals surface area (Å²) < 4.78 is 52.4. The number of thiophene rings is 1. The van der Waals surface area contributed by atoms with Gasteiger partial charge < -0.3 is 14.8 Å². The lowest BCUT2D eigenvalue weighted by atomic mass is 10.1. The van der Waals surface area contributed by atoms with E-state index >= 15 is 0 Å². The van der Waals surface area contributed by atoms with E-state index in [0.717, 1.165) is 17.1 Å². The van der Waals surface area contributed by atoms with E-state index in [-0.39, 0.29) is 30.2 Å². The van der Waals surface area contributed by atoms with Crippen molar-refractivity contribution in [3.8, 4) is 22.8 Å². The second-order valence-corrected chi connectivity index (χ2v) is 7.68. The molecule has 3 aromatic heterocycles. The second-order valence-electron chi connectivity index (χ2n) is 6.65. The Labute approximate surface area is 177 Å². The van der Waals surface area contributed by atoms with E-state index in [1.807, 2.05) is 17.5 Å². The highest BCUT2D eigenvalue weighted by Crippen LogP contribution is 2.37. The van der Waals surface area contributed by atoms with Crippen LogP contribution in [0, 0.1) is 0 Å². The number of nitrogens with zero attached hydrogens (tertiary/aromatic N) is 3. The summed E-state index contributed by atoms with van der Waals surface area (Å²) in [5.74, 6) is 0.348. The van der Waals surface area contributed by atoms with E-state index in [2.05, 4.69) is 15.4 Å². The number of hydrogen-bond donors (Lipinski definition) is 1. The number of aromatic nitrogens is 3. The van der Waals surface area contributed by atoms with Crippen molar-refractivity contribution >= 4 is 22.9 Å². The fraction of sp³-hybridized carbons (Fsp3) is 0.150. The van der Waals surface area contributed by atoms with Crippen LogP contribution in [0.1, 0.15) is 20.9 Å². The van der Waals surface area contributed by atoms with Crippen molar-refractivity contribution in [2.45, 2.75) is 12.7 Å². The number of amides is 1. The molecule has 11 heteroatoms. The summed E-state index contributed by atoms with van der Waals surface area (Å²) in [5.41, 5.74) is -0.854. The zero-order chi connectivity index (χ0) is 21.6. The first kappa shape index (κ1) is 19.4. The van der Waals surface area contributed by atoms with Gasteiger partial charge in [-0.2, -0.15) is 18.3 Å². The van der Waals surface area contributed by atoms with Crippen LogP contribution in [0.25, 0.3) is 16.9 Å². The van der Waals surface area contributed by atoms with Crippen LogP contribution in [0.2, 0.25) is 0 Å². The third-order valence-electron chi connectivity index (χ3n) is 4.68. The summed E-state index contributed by atoms with van der Waals surface area (Å²) >= 11 is 1.46. The quantitative estimate of drug-likeness (QED) is 0.510. The van der Waals surface area contributed by atoms with E-state index in [9.17, 15) is 18.0 Å². The van der Waals surface area contributed by atoms with Crippen LogP contribution >= 0.6 is 11.3 Å². The minimum atomic E-state index is -4.71. The SMILES string of the molecule is O=C(NCc1cccs1)c1cnn2c(C(F)(F)F)cc(-c3ccc4c(c3)OCO4)nc12. The molecule has 1 amide bonds. The van der Waals surface area contributed by atoms with Crippen LogP contribution in [0.5, 0.6) is 11.5 Å². The molecule has 4 heterocycles. The Kier molecular flexibility index (Phi) is 4.54. The first-order valence-corrected chi connectivity index (χ1v) is 9.95. The lowest BCUT2D eigenvalue weighted by Gasteiger charge is -2.12. The zero-order valence-electron chi connectivity index (χ0n) is 15.6. The Balaban J connectivity index is 1.59. The number of nitrogens with one attached hydrogen (secondary N) is 1. The van der Waals surface area contributed by atoms with Gasteiger partial charge in [-0.25, -0.2) is 9.50 Å². The zero-order valence-corrected chi connectivity index (χ0v) is 16.5. The summed E-state index contributed by atoms with van der Waals surface area (Å²) in [6, 6.07) is 9.31. The lowest BCUT2D eigenvalue weighted by Crippen LogP contribution is -2.22. The Morgan fingerprint density at radius 2 is 2.03 bits per heavy atom. The molecule has 0 unspecified atom stereocenters. The fourth-order valence-electron chi connectivity index (χ4n) is 3.20. The molecule has 0 aliphatic carbocycles. The Hall–Kier alpha value is -3.60. The predicted molar refractivity (Wildman–Crippen MR) is 105 cm³/mol. The molecule has 1 aromatic carbocycles. The van der Waals surface area contributed by atoms with Crippen LogP contribution in [0.4, 0.5) is 13.2 Å². The van der Waals surface area contributed by atoms with Gasteiger partial charge in [0.25, 0.3) is 5.91 Å². The topological polar surface area (TPSA) is 77.8 Å². The fourth-order valence-corrected chi connectivity index (χ4v) is 3.85. The maximum absolute atomic E-state index is 13.7. The molecule has 0 radical (unpaired) electrons. The van der Waals surface area contributed by atoms with Crippen LogP contribution in [0.15, 0.2) is 48.0 Å². The molecule has 7 nitrogen and oxygen atoms in total. The highest BCUT2D eigenvalue weighted by Gasteiger charge is 2.36. The predicted octanol–water partition coefficient (Wildman–Crippen LogP) is 4.14. The standard InChI is InChI=1S/C20H13F3N4O3S/c21-20(22,23)17-7-14(11-3-4-15-16(6-11)30-10-29-15)26-18-13(9-25-27(17)18)19(28)24-8-12-2-1-5-31-12/h1-7,9H,8,10H2,(H,24,28). The minimum Gasteiger partial charge on any atom is -0.454 e. The van der Waals surface area contributed by atoms with Gasteiger partial charge in [0.2, 0.25) is 6.79 Å². The number of carbonyl (C=O) groups is 1. The van der Waals surface area contributed by atoms with Crippen LogP contribution < -0.4 is 14.8 Å². The molecule has 0 spiro atoms. The molecule has 0 saturated heterocycles. The largest absolute Gasteiger partial charge is 0.454 e. The monoisotopic (exact) mass is 446 g/mol. The molecule has 1 aliphatic rings. The average Bonchev–Trinajstić information content (AvgIpc) is 3.50. The van der Waals surface area contributed by atoms with Gasteiger partial charge in [0.05, 0.1) is 18.4 Å². The Morgan fingerprint density at radius 3 is 2.81 bits per heavy atom. The van der Waals surface area contributed by atoms with Crippen molar-refractivity contribution in [3.05, 3.63) is 64.1 Å². The number of fused-ring (bicyclic) bond motifs is 2. The van der Waals surface area contributed by atoms with E-state index in [4.69, 9.17) is 9.47 Å². The molecule has 4 aromatic rings. The van der Waals surface area contributed by atoms with Gasteiger partial charge in [-0.1, -0.05) is 6.07 Å². The first-order valence-electron chi connectivity index (χ1n) is 9.07. The molecule has 0 fully saturated rings. The van der Waals surface area contributed by atoms with Crippen molar-refractivity contribution in [1.29, 1.82) is 0 Å². The van der Waals surface area contributed by atoms with Crippen molar-refractivity contribution in [2.24, 2.45) is 0 Å². The molecule has 5 rings (SSSR count). The van der Waals surface area contributed by atoms with E-state index in [1.54, 1.807) is 18.2 Å². The molecule has 0 saturated carbocycles. The van der Waals surface area contributed by atoms with Gasteiger partial charge in [-0.15, -0.1) is 11.3 Å². The van der Waals surface area contributed by atoms with Crippen molar-refractivity contribution in [1.82, 2.24) is 19.9 Å². The van der Waals surface area contributed by atoms with E-state index in [0.29, 0.717) is 21.6 Å². The molecular weight excluding hydrogens is 433 g/mol. The van der Waals surface area contributed by atoms with Crippen LogP contribution in [0.3, 0.4) is 0 Å². The van der Waals surface area contributed by atoms with E-state index < -0.39 is 17.8 Å². The molecule has 158 valence electrons. The van der Waals surface area contributed by atoms with Gasteiger partial charge >= 0.3 is 6.18 Å². The molecular formula is C20H13F3N4O3S. The van der Waals surface area contributed by atoms with Crippen LogP contribution in [-0.2, 0) is 12.7 Å². The van der Waals surface area contributed by atoms with Gasteiger partial charge in [0.15, 0.2) is 22.8 Å². The highest BCUT2D eigenvalue weighted by atomic mass is 32.1. The van der Waals surface area contributed by atoms with Crippen molar-refractivity contribution in [3.63, 3.8) is 0 Å². The summed E-state index contributed by atoms with van der Waals surface area (Å²) in [5, 5.41) is 8.33. The smallest absolute Gasteiger partial charge is 0.433 e. The number of benzene rings is 1. The Bertz CT molecular complexity index is 1290. The Morgan fingerprint density at radius 1 is 1.19 bits per heavy atom. The minimum absolute atomic E-state index is 0.0333. The van der Waals surface area contributed by atoms with E-state index in [1.165, 1.54) is 11.3 Å². The number of rotatable bonds is 4. The number of hydrogen-bond acceptors (Lipinski definition) is 6. The number of alkyl halides is 3. The average molecular weight is 446 g/mol. The number of carbonyl (C=O) groups excluding carboxylic acids is 1. The third-order valence-corrected chi connectivity index (χ3v) is 5.55. The summed E-state index contributed by atoms with van der Waals surface area (Å²) in [4.78, 5) is 17.9. The van der Waals surface area contributed by atoms with Gasteiger partial charge in [-0.05, 0) is 35.7 Å². The third kappa shape index (κ3) is 3.56. The number of halogens is 3. The maximum atomic E-state index is 13.7. The highest BCUT2D eigenvalue weighted by molar-refractivity contribution is 7.09. The first-order chi connectivity index (χ1) is 14.9. The molecule has 0 bridgehead atoms. The van der Waals surface area contributed by atoms with Gasteiger partial charge in [0, 0.05) is 10.4 Å². The van der Waals surface area contributed by atoms with Crippen LogP contribution in [-0.4, -0.2) is 27.3 Å². The molecule has 31 heavy (non-hydrogen) atoms. The van der Waals surface area contributed by atoms with Gasteiger partial charge in [0.1, 0.15) is 5.56 Å². The second kappa shape index (κ2) is 7.27. The lowest BCUT2D eigenvalue weighted by molar-refractivity contribution is -0.142. The van der Waals surface area contributed by atoms with Gasteiger partial charge in [-0.3, -0.25) is 4.79 Å². The normalized spacial score (nSPS) is 13.0. The number of ether oxygens (including phenoxy) is 2. The maximum Gasteiger partial charge on any atom is 0.433 e. The molecule has 1 aliphatic heterocycles. The van der Waals surface area contributed by atoms with Crippen molar-refractivity contribution < 1.29 is 27.4 Å².